The van der Waals surface area contributed by atoms with Gasteiger partial charge in [0, 0.05) is 25.6 Å². The summed E-state index contributed by atoms with van der Waals surface area (Å²) in [5.41, 5.74) is 6.12. The lowest BCUT2D eigenvalue weighted by Crippen LogP contribution is -2.39. The number of amides is 1. The summed E-state index contributed by atoms with van der Waals surface area (Å²) in [6, 6.07) is 10.6. The lowest BCUT2D eigenvalue weighted by molar-refractivity contribution is -0.161. The fourth-order valence-corrected chi connectivity index (χ4v) is 7.35. The van der Waals surface area contributed by atoms with Crippen LogP contribution in [0, 0.1) is 12.8 Å². The van der Waals surface area contributed by atoms with Crippen LogP contribution in [0.3, 0.4) is 0 Å². The number of aromatic nitrogens is 3. The summed E-state index contributed by atoms with van der Waals surface area (Å²) in [4.78, 5) is 42.5. The molecule has 0 N–H and O–H groups in total. The van der Waals surface area contributed by atoms with Crippen LogP contribution < -0.4 is 0 Å². The number of hydrogen-bond donors (Lipinski definition) is 0. The minimum atomic E-state index is -0.563. The Balaban J connectivity index is 1.22. The topological polar surface area (TPSA) is 116 Å². The summed E-state index contributed by atoms with van der Waals surface area (Å²) in [5, 5.41) is 9.14. The van der Waals surface area contributed by atoms with Gasteiger partial charge in [0.25, 0.3) is 0 Å². The number of unbranched alkanes of at least 4 members (excludes halogenated alkanes) is 2. The van der Waals surface area contributed by atoms with Crippen LogP contribution in [-0.2, 0) is 43.3 Å². The number of carbonyl (C=O) groups excluding carboxylic acids is 3. The average Bonchev–Trinajstić information content (AvgIpc) is 3.49. The Bertz CT molecular complexity index is 1710. The van der Waals surface area contributed by atoms with Crippen LogP contribution in [0.25, 0.3) is 11.0 Å². The number of carbonyl (C=O) groups is 3. The second-order valence-electron chi connectivity index (χ2n) is 16.4. The second kappa shape index (κ2) is 16.8. The quantitative estimate of drug-likeness (QED) is 0.108. The van der Waals surface area contributed by atoms with Crippen LogP contribution in [0.1, 0.15) is 121 Å². The van der Waals surface area contributed by atoms with E-state index in [-0.39, 0.29) is 36.3 Å². The standard InChI is InChI=1S/C41H59N5O6/c1-9-50-36(47)26-34(31-14-13-29-19-24-45(27-32(29)25-31)39(49)52-41(6,7)8)33-15-16-35-37(28(33)2)42-43-46(35)21-12-10-11-20-44-22-17-30(18-23-44)38(48)51-40(3,4)5/h13-16,25,30,34H,9-12,17-24,26-27H2,1-8H3. The fraction of sp³-hybridized carbons (Fsp3) is 0.634. The Labute approximate surface area is 309 Å². The first-order chi connectivity index (χ1) is 24.6. The highest BCUT2D eigenvalue weighted by molar-refractivity contribution is 5.80. The molecule has 1 unspecified atom stereocenters. The fourth-order valence-electron chi connectivity index (χ4n) is 7.35. The van der Waals surface area contributed by atoms with Crippen LogP contribution in [-0.4, -0.2) is 86.8 Å². The van der Waals surface area contributed by atoms with Crippen molar-refractivity contribution in [1.29, 1.82) is 0 Å². The molecule has 1 atom stereocenters. The number of ether oxygens (including phenoxy) is 3. The van der Waals surface area contributed by atoms with Crippen molar-refractivity contribution >= 4 is 29.1 Å². The van der Waals surface area contributed by atoms with Gasteiger partial charge in [-0.25, -0.2) is 9.48 Å². The zero-order valence-electron chi connectivity index (χ0n) is 32.6. The van der Waals surface area contributed by atoms with Crippen molar-refractivity contribution in [3.63, 3.8) is 0 Å². The lowest BCUT2D eigenvalue weighted by atomic mass is 9.83. The number of piperidine rings is 1. The van der Waals surface area contributed by atoms with Gasteiger partial charge in [0.15, 0.2) is 0 Å². The molecule has 52 heavy (non-hydrogen) atoms. The third-order valence-electron chi connectivity index (χ3n) is 10.0. The zero-order chi connectivity index (χ0) is 37.6. The van der Waals surface area contributed by atoms with Gasteiger partial charge in [0.1, 0.15) is 16.7 Å². The van der Waals surface area contributed by atoms with E-state index in [9.17, 15) is 14.4 Å². The molecular formula is C41H59N5O6. The van der Waals surface area contributed by atoms with Crippen LogP contribution in [0.15, 0.2) is 30.3 Å². The highest BCUT2D eigenvalue weighted by Crippen LogP contribution is 2.36. The molecule has 284 valence electrons. The Morgan fingerprint density at radius 1 is 0.885 bits per heavy atom. The van der Waals surface area contributed by atoms with E-state index >= 15 is 0 Å². The first kappa shape index (κ1) is 39.2. The number of likely N-dealkylation sites (tertiary alicyclic amines) is 1. The number of hydrogen-bond acceptors (Lipinski definition) is 9. The third kappa shape index (κ3) is 10.3. The summed E-state index contributed by atoms with van der Waals surface area (Å²) in [6.45, 7) is 20.4. The van der Waals surface area contributed by atoms with E-state index in [4.69, 9.17) is 14.2 Å². The molecule has 2 aliphatic rings. The number of benzene rings is 2. The first-order valence-electron chi connectivity index (χ1n) is 19.1. The van der Waals surface area contributed by atoms with Crippen molar-refractivity contribution in [3.05, 3.63) is 58.1 Å². The van der Waals surface area contributed by atoms with E-state index in [0.29, 0.717) is 19.7 Å². The molecule has 5 rings (SSSR count). The second-order valence-corrected chi connectivity index (χ2v) is 16.4. The number of nitrogens with zero attached hydrogens (tertiary/aromatic N) is 5. The maximum absolute atomic E-state index is 13.0. The Hall–Kier alpha value is -3.99. The molecule has 2 aliphatic heterocycles. The van der Waals surface area contributed by atoms with E-state index in [1.165, 1.54) is 5.56 Å². The monoisotopic (exact) mass is 717 g/mol. The van der Waals surface area contributed by atoms with Gasteiger partial charge in [-0.15, -0.1) is 5.10 Å². The molecule has 1 amide bonds. The van der Waals surface area contributed by atoms with Crippen LogP contribution in [0.2, 0.25) is 0 Å². The number of esters is 2. The molecule has 0 aliphatic carbocycles. The molecule has 0 spiro atoms. The van der Waals surface area contributed by atoms with Gasteiger partial charge >= 0.3 is 18.0 Å². The number of fused-ring (bicyclic) bond motifs is 2. The van der Waals surface area contributed by atoms with E-state index < -0.39 is 11.2 Å². The van der Waals surface area contributed by atoms with Gasteiger partial charge in [0.2, 0.25) is 0 Å². The van der Waals surface area contributed by atoms with Crippen molar-refractivity contribution < 1.29 is 28.6 Å². The van der Waals surface area contributed by atoms with Gasteiger partial charge < -0.3 is 24.0 Å². The normalized spacial score (nSPS) is 16.4. The van der Waals surface area contributed by atoms with E-state index in [2.05, 4.69) is 52.5 Å². The minimum Gasteiger partial charge on any atom is -0.466 e. The summed E-state index contributed by atoms with van der Waals surface area (Å²) in [5.74, 6) is -0.549. The summed E-state index contributed by atoms with van der Waals surface area (Å²) in [6.07, 6.45) is 5.53. The maximum atomic E-state index is 13.0. The Morgan fingerprint density at radius 2 is 1.60 bits per heavy atom. The molecule has 3 heterocycles. The molecule has 1 aromatic heterocycles. The van der Waals surface area contributed by atoms with Crippen molar-refractivity contribution in [2.24, 2.45) is 5.92 Å². The summed E-state index contributed by atoms with van der Waals surface area (Å²) < 4.78 is 18.7. The predicted molar refractivity (Wildman–Crippen MR) is 201 cm³/mol. The van der Waals surface area contributed by atoms with Crippen molar-refractivity contribution in [2.75, 3.05) is 32.8 Å². The Morgan fingerprint density at radius 3 is 2.29 bits per heavy atom. The van der Waals surface area contributed by atoms with E-state index in [0.717, 1.165) is 98.0 Å². The molecule has 3 aromatic rings. The zero-order valence-corrected chi connectivity index (χ0v) is 32.6. The highest BCUT2D eigenvalue weighted by Gasteiger charge is 2.30. The van der Waals surface area contributed by atoms with Gasteiger partial charge in [-0.3, -0.25) is 9.59 Å². The molecule has 0 radical (unpaired) electrons. The van der Waals surface area contributed by atoms with E-state index in [1.807, 2.05) is 53.1 Å². The first-order valence-corrected chi connectivity index (χ1v) is 19.1. The molecule has 11 heteroatoms. The van der Waals surface area contributed by atoms with Crippen LogP contribution >= 0.6 is 0 Å². The summed E-state index contributed by atoms with van der Waals surface area (Å²) in [7, 11) is 0. The maximum Gasteiger partial charge on any atom is 0.410 e. The third-order valence-corrected chi connectivity index (χ3v) is 10.0. The smallest absolute Gasteiger partial charge is 0.410 e. The lowest BCUT2D eigenvalue weighted by Gasteiger charge is -2.32. The molecular weight excluding hydrogens is 658 g/mol. The highest BCUT2D eigenvalue weighted by atomic mass is 16.6. The van der Waals surface area contributed by atoms with Crippen molar-refractivity contribution in [2.45, 2.75) is 131 Å². The number of rotatable bonds is 12. The molecule has 11 nitrogen and oxygen atoms in total. The average molecular weight is 718 g/mol. The van der Waals surface area contributed by atoms with Crippen molar-refractivity contribution in [3.8, 4) is 0 Å². The van der Waals surface area contributed by atoms with Gasteiger partial charge in [0.05, 0.1) is 24.5 Å². The summed E-state index contributed by atoms with van der Waals surface area (Å²) >= 11 is 0. The molecule has 1 saturated heterocycles. The van der Waals surface area contributed by atoms with Crippen LogP contribution in [0.5, 0.6) is 0 Å². The van der Waals surface area contributed by atoms with Crippen LogP contribution in [0.4, 0.5) is 4.79 Å². The predicted octanol–water partition coefficient (Wildman–Crippen LogP) is 7.34. The van der Waals surface area contributed by atoms with Crippen molar-refractivity contribution in [1.82, 2.24) is 24.8 Å². The van der Waals surface area contributed by atoms with E-state index in [1.54, 1.807) is 4.90 Å². The largest absolute Gasteiger partial charge is 0.466 e. The van der Waals surface area contributed by atoms with Gasteiger partial charge in [-0.05, 0) is 141 Å². The Kier molecular flexibility index (Phi) is 12.7. The molecule has 2 aromatic carbocycles. The molecule has 0 saturated carbocycles. The van der Waals surface area contributed by atoms with Gasteiger partial charge in [-0.1, -0.05) is 35.9 Å². The molecule has 0 bridgehead atoms. The molecule has 1 fully saturated rings. The minimum absolute atomic E-state index is 0.00949. The van der Waals surface area contributed by atoms with Gasteiger partial charge in [-0.2, -0.15) is 0 Å². The number of aryl methyl sites for hydroxylation is 2. The SMILES string of the molecule is CCOC(=O)CC(c1ccc2c(c1)CN(C(=O)OC(C)(C)C)CC2)c1ccc2c(nnn2CCCCCN2CCC(C(=O)OC(C)(C)C)CC2)c1C.